The lowest BCUT2D eigenvalue weighted by Crippen LogP contribution is -2.47. The summed E-state index contributed by atoms with van der Waals surface area (Å²) in [5.74, 6) is 1.45. The van der Waals surface area contributed by atoms with Gasteiger partial charge in [0.2, 0.25) is 5.91 Å². The smallest absolute Gasteiger partial charge is 0.410 e. The molecule has 0 saturated carbocycles. The van der Waals surface area contributed by atoms with E-state index in [1.165, 1.54) is 0 Å². The number of carbonyl (C=O) groups excluding carboxylic acids is 4. The molecule has 9 nitrogen and oxygen atoms in total. The van der Waals surface area contributed by atoms with E-state index < -0.39 is 23.5 Å². The molecular formula is C30H41N3O6. The highest BCUT2D eigenvalue weighted by atomic mass is 16.6. The summed E-state index contributed by atoms with van der Waals surface area (Å²) in [6.45, 7) is 9.61. The van der Waals surface area contributed by atoms with Gasteiger partial charge in [-0.1, -0.05) is 18.1 Å². The number of esters is 1. The maximum absolute atomic E-state index is 13.4. The predicted octanol–water partition coefficient (Wildman–Crippen LogP) is 3.72. The third-order valence-electron chi connectivity index (χ3n) is 7.02. The SMILES string of the molecule is C#C[C@H](CC(=O)OCC)NC(=O)[C@@H]1CCCN(C(=O)c2cccc(C3CCN(C(=O)OC(C)(C)C)CC3)c2)C1. The minimum absolute atomic E-state index is 0.0884. The minimum atomic E-state index is -0.749. The zero-order valence-electron chi connectivity index (χ0n) is 23.5. The predicted molar refractivity (Wildman–Crippen MR) is 147 cm³/mol. The van der Waals surface area contributed by atoms with E-state index in [1.54, 1.807) is 22.8 Å². The van der Waals surface area contributed by atoms with E-state index >= 15 is 0 Å². The zero-order chi connectivity index (χ0) is 28.6. The van der Waals surface area contributed by atoms with Gasteiger partial charge in [0.15, 0.2) is 0 Å². The minimum Gasteiger partial charge on any atom is -0.466 e. The molecule has 2 fully saturated rings. The van der Waals surface area contributed by atoms with Crippen LogP contribution in [0.15, 0.2) is 24.3 Å². The molecule has 0 aromatic heterocycles. The van der Waals surface area contributed by atoms with Crippen LogP contribution in [-0.2, 0) is 19.1 Å². The van der Waals surface area contributed by atoms with Crippen molar-refractivity contribution in [2.75, 3.05) is 32.8 Å². The highest BCUT2D eigenvalue weighted by Gasteiger charge is 2.31. The van der Waals surface area contributed by atoms with Crippen LogP contribution in [0.2, 0.25) is 0 Å². The Morgan fingerprint density at radius 1 is 1.10 bits per heavy atom. The van der Waals surface area contributed by atoms with Crippen LogP contribution in [0.4, 0.5) is 4.79 Å². The third kappa shape index (κ3) is 8.74. The zero-order valence-corrected chi connectivity index (χ0v) is 23.5. The Balaban J connectivity index is 1.57. The molecule has 0 spiro atoms. The molecule has 2 heterocycles. The van der Waals surface area contributed by atoms with Gasteiger partial charge in [0.05, 0.1) is 18.9 Å². The summed E-state index contributed by atoms with van der Waals surface area (Å²) in [4.78, 5) is 53.9. The standard InChI is InChI=1S/C30H41N3O6/c1-6-25(19-26(34)38-7-2)31-27(35)24-12-9-15-33(20-24)28(36)23-11-8-10-22(18-23)21-13-16-32(17-14-21)29(37)39-30(3,4)5/h1,8,10-11,18,21,24-25H,7,9,12-17,19-20H2,2-5H3,(H,31,35)/t24-,25-/m1/s1. The van der Waals surface area contributed by atoms with Gasteiger partial charge in [-0.2, -0.15) is 0 Å². The number of likely N-dealkylation sites (tertiary alicyclic amines) is 2. The molecule has 1 aromatic rings. The van der Waals surface area contributed by atoms with Crippen molar-refractivity contribution in [3.8, 4) is 12.3 Å². The lowest BCUT2D eigenvalue weighted by Gasteiger charge is -2.34. The number of benzene rings is 1. The van der Waals surface area contributed by atoms with Crippen molar-refractivity contribution < 1.29 is 28.7 Å². The van der Waals surface area contributed by atoms with Gasteiger partial charge in [0.1, 0.15) is 11.6 Å². The number of rotatable bonds is 7. The molecule has 0 unspecified atom stereocenters. The fourth-order valence-electron chi connectivity index (χ4n) is 5.03. The number of ether oxygens (including phenoxy) is 2. The summed E-state index contributed by atoms with van der Waals surface area (Å²) in [5.41, 5.74) is 1.14. The van der Waals surface area contributed by atoms with Crippen molar-refractivity contribution in [1.82, 2.24) is 15.1 Å². The van der Waals surface area contributed by atoms with Gasteiger partial charge in [-0.05, 0) is 77.0 Å². The summed E-state index contributed by atoms with van der Waals surface area (Å²) in [6.07, 6.45) is 8.06. The number of piperidine rings is 2. The molecule has 212 valence electrons. The van der Waals surface area contributed by atoms with E-state index in [0.717, 1.165) is 18.4 Å². The lowest BCUT2D eigenvalue weighted by molar-refractivity contribution is -0.143. The van der Waals surface area contributed by atoms with Crippen LogP contribution in [-0.4, -0.2) is 78.1 Å². The number of hydrogen-bond acceptors (Lipinski definition) is 6. The molecule has 0 aliphatic carbocycles. The maximum Gasteiger partial charge on any atom is 0.410 e. The third-order valence-corrected chi connectivity index (χ3v) is 7.02. The average Bonchev–Trinajstić information content (AvgIpc) is 2.91. The van der Waals surface area contributed by atoms with Crippen molar-refractivity contribution >= 4 is 23.9 Å². The van der Waals surface area contributed by atoms with E-state index in [-0.39, 0.29) is 36.9 Å². The van der Waals surface area contributed by atoms with Crippen LogP contribution < -0.4 is 5.32 Å². The van der Waals surface area contributed by atoms with Gasteiger partial charge >= 0.3 is 12.1 Å². The van der Waals surface area contributed by atoms with Crippen LogP contribution in [0.1, 0.15) is 81.6 Å². The largest absolute Gasteiger partial charge is 0.466 e. The molecule has 9 heteroatoms. The molecule has 3 rings (SSSR count). The molecule has 1 aromatic carbocycles. The molecule has 1 N–H and O–H groups in total. The molecule has 2 atom stereocenters. The molecule has 2 saturated heterocycles. The van der Waals surface area contributed by atoms with Crippen LogP contribution in [0.5, 0.6) is 0 Å². The van der Waals surface area contributed by atoms with Gasteiger partial charge in [-0.15, -0.1) is 6.42 Å². The Morgan fingerprint density at radius 3 is 2.46 bits per heavy atom. The first-order valence-electron chi connectivity index (χ1n) is 13.8. The van der Waals surface area contributed by atoms with Crippen LogP contribution in [0.3, 0.4) is 0 Å². The summed E-state index contributed by atoms with van der Waals surface area (Å²) >= 11 is 0. The van der Waals surface area contributed by atoms with Gasteiger partial charge in [-0.3, -0.25) is 14.4 Å². The second-order valence-electron chi connectivity index (χ2n) is 11.2. The topological polar surface area (TPSA) is 105 Å². The molecule has 0 radical (unpaired) electrons. The summed E-state index contributed by atoms with van der Waals surface area (Å²) in [7, 11) is 0. The molecule has 0 bridgehead atoms. The number of nitrogens with zero attached hydrogens (tertiary/aromatic N) is 2. The van der Waals surface area contributed by atoms with Gasteiger partial charge < -0.3 is 24.6 Å². The van der Waals surface area contributed by atoms with Crippen molar-refractivity contribution in [2.24, 2.45) is 5.92 Å². The molecule has 2 aliphatic heterocycles. The van der Waals surface area contributed by atoms with E-state index in [4.69, 9.17) is 15.9 Å². The van der Waals surface area contributed by atoms with Crippen molar-refractivity contribution in [1.29, 1.82) is 0 Å². The fraction of sp³-hybridized carbons (Fsp3) is 0.600. The Labute approximate surface area is 231 Å². The lowest BCUT2D eigenvalue weighted by atomic mass is 9.88. The van der Waals surface area contributed by atoms with E-state index in [1.807, 2.05) is 39.0 Å². The van der Waals surface area contributed by atoms with E-state index in [2.05, 4.69) is 11.2 Å². The van der Waals surface area contributed by atoms with Crippen LogP contribution in [0, 0.1) is 18.3 Å². The second kappa shape index (κ2) is 13.5. The summed E-state index contributed by atoms with van der Waals surface area (Å²) in [6, 6.07) is 6.91. The first-order chi connectivity index (χ1) is 18.5. The van der Waals surface area contributed by atoms with Crippen LogP contribution in [0.25, 0.3) is 0 Å². The molecular weight excluding hydrogens is 498 g/mol. The van der Waals surface area contributed by atoms with Crippen molar-refractivity contribution in [2.45, 2.75) is 77.4 Å². The number of amides is 3. The van der Waals surface area contributed by atoms with Gasteiger partial charge in [0.25, 0.3) is 5.91 Å². The fourth-order valence-corrected chi connectivity index (χ4v) is 5.03. The number of carbonyl (C=O) groups is 4. The number of terminal acetylenes is 1. The van der Waals surface area contributed by atoms with Crippen molar-refractivity contribution in [3.63, 3.8) is 0 Å². The molecule has 2 aliphatic rings. The average molecular weight is 540 g/mol. The summed E-state index contributed by atoms with van der Waals surface area (Å²) in [5, 5.41) is 2.75. The van der Waals surface area contributed by atoms with Gasteiger partial charge in [0, 0.05) is 31.7 Å². The number of hydrogen-bond donors (Lipinski definition) is 1. The number of nitrogens with one attached hydrogen (secondary N) is 1. The molecule has 3 amide bonds. The Bertz CT molecular complexity index is 1080. The summed E-state index contributed by atoms with van der Waals surface area (Å²) < 4.78 is 10.4. The second-order valence-corrected chi connectivity index (χ2v) is 11.2. The van der Waals surface area contributed by atoms with Gasteiger partial charge in [-0.25, -0.2) is 4.79 Å². The highest BCUT2D eigenvalue weighted by molar-refractivity contribution is 5.95. The maximum atomic E-state index is 13.4. The van der Waals surface area contributed by atoms with E-state index in [9.17, 15) is 19.2 Å². The monoisotopic (exact) mass is 539 g/mol. The van der Waals surface area contributed by atoms with Crippen LogP contribution >= 0.6 is 0 Å². The molecule has 39 heavy (non-hydrogen) atoms. The Morgan fingerprint density at radius 2 is 1.82 bits per heavy atom. The normalized spacial score (nSPS) is 19.0. The van der Waals surface area contributed by atoms with E-state index in [0.29, 0.717) is 44.6 Å². The quantitative estimate of drug-likeness (QED) is 0.418. The van der Waals surface area contributed by atoms with Crippen molar-refractivity contribution in [3.05, 3.63) is 35.4 Å². The highest BCUT2D eigenvalue weighted by Crippen LogP contribution is 2.30. The Kier molecular flexibility index (Phi) is 10.4. The Hall–Kier alpha value is -3.54. The first-order valence-corrected chi connectivity index (χ1v) is 13.8. The first kappa shape index (κ1) is 30.0.